The Kier molecular flexibility index (Phi) is 1.33. The quantitative estimate of drug-likeness (QED) is 0.506. The van der Waals surface area contributed by atoms with E-state index in [9.17, 15) is 4.79 Å². The number of halogens is 1. The lowest BCUT2D eigenvalue weighted by atomic mass is 10.4. The van der Waals surface area contributed by atoms with Crippen LogP contribution in [0.1, 0.15) is 6.92 Å². The van der Waals surface area contributed by atoms with Crippen molar-refractivity contribution >= 4 is 28.4 Å². The summed E-state index contributed by atoms with van der Waals surface area (Å²) in [4.78, 5) is 14.0. The van der Waals surface area contributed by atoms with Gasteiger partial charge in [0.2, 0.25) is 0 Å². The molecule has 44 valence electrons. The van der Waals surface area contributed by atoms with Crippen molar-refractivity contribution in [1.82, 2.24) is 3.93 Å². The van der Waals surface area contributed by atoms with E-state index in [1.54, 1.807) is 10.8 Å². The van der Waals surface area contributed by atoms with Crippen LogP contribution in [0.2, 0.25) is 0 Å². The highest BCUT2D eigenvalue weighted by Crippen LogP contribution is 2.09. The van der Waals surface area contributed by atoms with Gasteiger partial charge in [0, 0.05) is 0 Å². The first-order chi connectivity index (χ1) is 3.72. The zero-order valence-corrected chi connectivity index (χ0v) is 5.92. The first-order valence-corrected chi connectivity index (χ1v) is 2.95. The Bertz CT molecular complexity index is 145. The molecule has 0 aromatic carbocycles. The Hall–Kier alpha value is -0.380. The molecule has 0 aromatic rings. The standard InChI is InChI=1S/C4H5BrN2O/c1-3-4(8)6-2-7(3)5/h2-3H,1H3. The fourth-order valence-electron chi connectivity index (χ4n) is 0.425. The van der Waals surface area contributed by atoms with Crippen molar-refractivity contribution in [3.63, 3.8) is 0 Å². The van der Waals surface area contributed by atoms with E-state index in [4.69, 9.17) is 0 Å². The minimum atomic E-state index is -0.130. The van der Waals surface area contributed by atoms with Crippen molar-refractivity contribution in [3.8, 4) is 0 Å². The number of rotatable bonds is 0. The summed E-state index contributed by atoms with van der Waals surface area (Å²) < 4.78 is 1.59. The normalized spacial score (nSPS) is 27.5. The van der Waals surface area contributed by atoms with Gasteiger partial charge in [0.05, 0.1) is 16.1 Å². The van der Waals surface area contributed by atoms with Crippen molar-refractivity contribution in [3.05, 3.63) is 0 Å². The zero-order chi connectivity index (χ0) is 6.15. The smallest absolute Gasteiger partial charge is 0.270 e. The minimum Gasteiger partial charge on any atom is -0.287 e. The lowest BCUT2D eigenvalue weighted by Crippen LogP contribution is -2.21. The van der Waals surface area contributed by atoms with Crippen LogP contribution in [0.3, 0.4) is 0 Å². The van der Waals surface area contributed by atoms with Gasteiger partial charge in [-0.25, -0.2) is 4.99 Å². The number of hydrogen-bond acceptors (Lipinski definition) is 2. The third-order valence-electron chi connectivity index (χ3n) is 1.02. The summed E-state index contributed by atoms with van der Waals surface area (Å²) in [6.07, 6.45) is 1.47. The van der Waals surface area contributed by atoms with Crippen molar-refractivity contribution in [2.45, 2.75) is 13.0 Å². The highest BCUT2D eigenvalue weighted by atomic mass is 79.9. The zero-order valence-electron chi connectivity index (χ0n) is 4.34. The largest absolute Gasteiger partial charge is 0.287 e. The molecule has 0 radical (unpaired) electrons. The van der Waals surface area contributed by atoms with Gasteiger partial charge in [0.25, 0.3) is 5.91 Å². The molecule has 1 aliphatic heterocycles. The molecule has 0 bridgehead atoms. The Morgan fingerprint density at radius 1 is 2.00 bits per heavy atom. The van der Waals surface area contributed by atoms with E-state index in [2.05, 4.69) is 21.1 Å². The molecular formula is C4H5BrN2O. The van der Waals surface area contributed by atoms with Gasteiger partial charge in [0.15, 0.2) is 0 Å². The van der Waals surface area contributed by atoms with E-state index >= 15 is 0 Å². The molecule has 0 fully saturated rings. The second kappa shape index (κ2) is 1.85. The van der Waals surface area contributed by atoms with E-state index in [0.717, 1.165) is 0 Å². The molecule has 1 heterocycles. The third kappa shape index (κ3) is 0.753. The molecule has 0 N–H and O–H groups in total. The Balaban J connectivity index is 2.69. The van der Waals surface area contributed by atoms with Crippen LogP contribution in [-0.2, 0) is 4.79 Å². The van der Waals surface area contributed by atoms with Gasteiger partial charge < -0.3 is 0 Å². The number of carbonyl (C=O) groups is 1. The maximum Gasteiger partial charge on any atom is 0.270 e. The van der Waals surface area contributed by atoms with E-state index in [0.29, 0.717) is 0 Å². The molecule has 1 atom stereocenters. The van der Waals surface area contributed by atoms with Crippen LogP contribution in [0.5, 0.6) is 0 Å². The molecule has 1 rings (SSSR count). The van der Waals surface area contributed by atoms with Crippen LogP contribution in [0.15, 0.2) is 4.99 Å². The summed E-state index contributed by atoms with van der Waals surface area (Å²) in [5, 5.41) is 0. The average Bonchev–Trinajstić information content (AvgIpc) is 1.98. The summed E-state index contributed by atoms with van der Waals surface area (Å²) in [6, 6.07) is -0.130. The summed E-state index contributed by atoms with van der Waals surface area (Å²) in [5.74, 6) is -0.0955. The second-order valence-corrected chi connectivity index (χ2v) is 2.42. The van der Waals surface area contributed by atoms with Gasteiger partial charge in [-0.1, -0.05) is 0 Å². The summed E-state index contributed by atoms with van der Waals surface area (Å²) >= 11 is 3.11. The molecule has 0 aliphatic carbocycles. The van der Waals surface area contributed by atoms with Crippen LogP contribution >= 0.6 is 16.1 Å². The molecule has 1 amide bonds. The van der Waals surface area contributed by atoms with Gasteiger partial charge in [-0.3, -0.25) is 8.72 Å². The van der Waals surface area contributed by atoms with Gasteiger partial charge in [0.1, 0.15) is 12.4 Å². The van der Waals surface area contributed by atoms with Crippen LogP contribution in [0.4, 0.5) is 0 Å². The Morgan fingerprint density at radius 3 is 2.75 bits per heavy atom. The lowest BCUT2D eigenvalue weighted by Gasteiger charge is -2.06. The van der Waals surface area contributed by atoms with Gasteiger partial charge >= 0.3 is 0 Å². The van der Waals surface area contributed by atoms with Crippen molar-refractivity contribution < 1.29 is 4.79 Å². The first kappa shape index (κ1) is 5.75. The second-order valence-electron chi connectivity index (χ2n) is 1.60. The molecule has 1 unspecified atom stereocenters. The molecule has 0 aromatic heterocycles. The molecule has 1 aliphatic rings. The number of nitrogens with zero attached hydrogens (tertiary/aromatic N) is 2. The molecule has 0 spiro atoms. The van der Waals surface area contributed by atoms with E-state index in [1.165, 1.54) is 6.34 Å². The Morgan fingerprint density at radius 2 is 2.62 bits per heavy atom. The maximum atomic E-state index is 10.5. The first-order valence-electron chi connectivity index (χ1n) is 2.24. The van der Waals surface area contributed by atoms with Crippen molar-refractivity contribution in [2.75, 3.05) is 0 Å². The predicted molar refractivity (Wildman–Crippen MR) is 33.7 cm³/mol. The van der Waals surface area contributed by atoms with E-state index in [-0.39, 0.29) is 11.9 Å². The monoisotopic (exact) mass is 176 g/mol. The van der Waals surface area contributed by atoms with Crippen LogP contribution in [0.25, 0.3) is 0 Å². The lowest BCUT2D eigenvalue weighted by molar-refractivity contribution is -0.118. The number of hydrogen-bond donors (Lipinski definition) is 0. The molecule has 8 heavy (non-hydrogen) atoms. The number of amides is 1. The van der Waals surface area contributed by atoms with E-state index < -0.39 is 0 Å². The SMILES string of the molecule is CC1C(=O)N=CN1Br. The van der Waals surface area contributed by atoms with Gasteiger partial charge in [-0.2, -0.15) is 0 Å². The predicted octanol–water partition coefficient (Wildman–Crippen LogP) is 0.555. The van der Waals surface area contributed by atoms with Crippen molar-refractivity contribution in [2.24, 2.45) is 4.99 Å². The fraction of sp³-hybridized carbons (Fsp3) is 0.500. The third-order valence-corrected chi connectivity index (χ3v) is 1.82. The molecule has 4 heteroatoms. The molecular weight excluding hydrogens is 172 g/mol. The van der Waals surface area contributed by atoms with Crippen LogP contribution in [0, 0.1) is 0 Å². The van der Waals surface area contributed by atoms with Gasteiger partial charge in [-0.05, 0) is 6.92 Å². The maximum absolute atomic E-state index is 10.5. The number of aliphatic imine (C=N–C) groups is 1. The average molecular weight is 177 g/mol. The summed E-state index contributed by atoms with van der Waals surface area (Å²) in [5.41, 5.74) is 0. The van der Waals surface area contributed by atoms with Crippen molar-refractivity contribution in [1.29, 1.82) is 0 Å². The highest BCUT2D eigenvalue weighted by molar-refractivity contribution is 9.07. The number of carbonyl (C=O) groups excluding carboxylic acids is 1. The topological polar surface area (TPSA) is 32.7 Å². The van der Waals surface area contributed by atoms with Gasteiger partial charge in [-0.15, -0.1) is 0 Å². The molecule has 3 nitrogen and oxygen atoms in total. The van der Waals surface area contributed by atoms with Crippen LogP contribution in [-0.4, -0.2) is 22.2 Å². The van der Waals surface area contributed by atoms with E-state index in [1.807, 2.05) is 0 Å². The summed E-state index contributed by atoms with van der Waals surface area (Å²) in [7, 11) is 0. The van der Waals surface area contributed by atoms with Crippen LogP contribution < -0.4 is 0 Å². The highest BCUT2D eigenvalue weighted by Gasteiger charge is 2.21. The Labute approximate surface area is 55.7 Å². The molecule has 0 saturated heterocycles. The minimum absolute atomic E-state index is 0.0955. The fourth-order valence-corrected chi connectivity index (χ4v) is 0.692. The molecule has 0 saturated carbocycles. The summed E-state index contributed by atoms with van der Waals surface area (Å²) in [6.45, 7) is 1.78.